The third-order valence-electron chi connectivity index (χ3n) is 8.69. The van der Waals surface area contributed by atoms with Crippen LogP contribution in [0, 0.1) is 22.7 Å². The van der Waals surface area contributed by atoms with E-state index in [2.05, 4.69) is 22.4 Å². The van der Waals surface area contributed by atoms with Crippen molar-refractivity contribution in [3.8, 4) is 0 Å². The van der Waals surface area contributed by atoms with Crippen molar-refractivity contribution in [1.29, 1.82) is 5.41 Å². The van der Waals surface area contributed by atoms with E-state index in [0.717, 1.165) is 49.8 Å². The summed E-state index contributed by atoms with van der Waals surface area (Å²) in [5.41, 5.74) is 11.0. The zero-order chi connectivity index (χ0) is 26.3. The lowest BCUT2D eigenvalue weighted by Gasteiger charge is -2.32. The molecule has 1 amide bonds. The Kier molecular flexibility index (Phi) is 6.34. The Morgan fingerprint density at radius 3 is 2.61 bits per heavy atom. The first kappa shape index (κ1) is 24.5. The van der Waals surface area contributed by atoms with Crippen molar-refractivity contribution in [2.24, 2.45) is 17.3 Å². The molecule has 0 saturated heterocycles. The second-order valence-electron chi connectivity index (χ2n) is 11.6. The number of amides is 1. The Balaban J connectivity index is 1.17. The summed E-state index contributed by atoms with van der Waals surface area (Å²) in [7, 11) is 0. The molecule has 194 valence electrons. The quantitative estimate of drug-likeness (QED) is 0.271. The summed E-state index contributed by atoms with van der Waals surface area (Å²) >= 11 is 0. The molecule has 6 nitrogen and oxygen atoms in total. The molecule has 6 rings (SSSR count). The number of fused-ring (bicyclic) bond motifs is 2. The van der Waals surface area contributed by atoms with Crippen molar-refractivity contribution in [3.63, 3.8) is 0 Å². The average molecular weight is 507 g/mol. The van der Waals surface area contributed by atoms with Crippen LogP contribution >= 0.6 is 0 Å². The van der Waals surface area contributed by atoms with E-state index in [1.54, 1.807) is 24.4 Å². The number of benzene rings is 2. The molecule has 3 aliphatic carbocycles. The predicted octanol–water partition coefficient (Wildman–Crippen LogP) is 5.65. The fourth-order valence-electron chi connectivity index (χ4n) is 6.64. The van der Waals surface area contributed by atoms with Gasteiger partial charge in [0.15, 0.2) is 0 Å². The topological polar surface area (TPSA) is 109 Å². The number of hydrogen-bond acceptors (Lipinski definition) is 5. The second kappa shape index (κ2) is 9.82. The van der Waals surface area contributed by atoms with Crippen LogP contribution in [0.3, 0.4) is 0 Å². The lowest BCUT2D eigenvalue weighted by Crippen LogP contribution is -2.30. The molecule has 4 N–H and O–H groups in total. The maximum atomic E-state index is 13.2. The molecular weight excluding hydrogens is 472 g/mol. The van der Waals surface area contributed by atoms with Crippen LogP contribution in [-0.2, 0) is 11.2 Å². The van der Waals surface area contributed by atoms with E-state index in [1.165, 1.54) is 12.0 Å². The first-order chi connectivity index (χ1) is 18.4. The first-order valence-electron chi connectivity index (χ1n) is 13.7. The van der Waals surface area contributed by atoms with Crippen LogP contribution in [0.1, 0.15) is 83.7 Å². The molecule has 6 heteroatoms. The number of rotatable bonds is 8. The van der Waals surface area contributed by atoms with Crippen molar-refractivity contribution < 1.29 is 9.59 Å². The summed E-state index contributed by atoms with van der Waals surface area (Å²) in [5, 5.41) is 12.0. The molecule has 3 fully saturated rings. The van der Waals surface area contributed by atoms with Gasteiger partial charge in [-0.3, -0.25) is 20.0 Å². The van der Waals surface area contributed by atoms with Crippen LogP contribution in [0.2, 0.25) is 0 Å². The highest BCUT2D eigenvalue weighted by Crippen LogP contribution is 2.52. The van der Waals surface area contributed by atoms with Gasteiger partial charge in [-0.1, -0.05) is 30.3 Å². The van der Waals surface area contributed by atoms with Crippen LogP contribution in [0.5, 0.6) is 0 Å². The van der Waals surface area contributed by atoms with Crippen molar-refractivity contribution in [2.75, 3.05) is 5.73 Å². The minimum atomic E-state index is -0.187. The standard InChI is InChI=1S/C32H34N4O2/c33-27-11-10-24(31(38)36-30(23-8-9-23)28-3-1-2-14-35-28)16-26(27)29(34)22-6-4-20(5-7-22)17-32-13-12-21(18-32)15-25(37)19-32/h1-7,10-11,14,16,21,23,30,34H,8-9,12-13,15,17-19,33H2,(H,36,38)/t21?,30-,32?/m1/s1. The van der Waals surface area contributed by atoms with Crippen LogP contribution in [0.15, 0.2) is 66.9 Å². The normalized spacial score (nSPS) is 23.2. The van der Waals surface area contributed by atoms with Gasteiger partial charge in [0.25, 0.3) is 5.91 Å². The molecule has 3 atom stereocenters. The van der Waals surface area contributed by atoms with Gasteiger partial charge < -0.3 is 11.1 Å². The van der Waals surface area contributed by atoms with Crippen molar-refractivity contribution in [1.82, 2.24) is 10.3 Å². The third-order valence-corrected chi connectivity index (χ3v) is 8.69. The van der Waals surface area contributed by atoms with Crippen molar-refractivity contribution >= 4 is 23.1 Å². The molecule has 3 aliphatic rings. The summed E-state index contributed by atoms with van der Waals surface area (Å²) < 4.78 is 0. The van der Waals surface area contributed by atoms with E-state index in [0.29, 0.717) is 46.6 Å². The monoisotopic (exact) mass is 506 g/mol. The molecule has 2 unspecified atom stereocenters. The van der Waals surface area contributed by atoms with Gasteiger partial charge in [0.2, 0.25) is 0 Å². The highest BCUT2D eigenvalue weighted by molar-refractivity contribution is 6.14. The number of hydrogen-bond donors (Lipinski definition) is 3. The van der Waals surface area contributed by atoms with Gasteiger partial charge in [-0.15, -0.1) is 0 Å². The van der Waals surface area contributed by atoms with Crippen molar-refractivity contribution in [3.05, 3.63) is 94.8 Å². The van der Waals surface area contributed by atoms with Crippen molar-refractivity contribution in [2.45, 2.75) is 57.4 Å². The highest BCUT2D eigenvalue weighted by atomic mass is 16.1. The third kappa shape index (κ3) is 5.00. The summed E-state index contributed by atoms with van der Waals surface area (Å²) in [6.45, 7) is 0. The number of Topliss-reactive ketones (excluding diaryl/α,β-unsaturated/α-hetero) is 1. The lowest BCUT2D eigenvalue weighted by atomic mass is 9.71. The Labute approximate surface area is 223 Å². The van der Waals surface area contributed by atoms with Gasteiger partial charge in [0.1, 0.15) is 5.78 Å². The van der Waals surface area contributed by atoms with Crippen LogP contribution in [-0.4, -0.2) is 22.4 Å². The molecule has 2 aromatic carbocycles. The number of nitrogens with zero attached hydrogens (tertiary/aromatic N) is 1. The van der Waals surface area contributed by atoms with E-state index in [1.807, 2.05) is 30.3 Å². The Bertz CT molecular complexity index is 1380. The number of anilines is 1. The van der Waals surface area contributed by atoms with Gasteiger partial charge in [-0.2, -0.15) is 0 Å². The smallest absolute Gasteiger partial charge is 0.251 e. The molecular formula is C32H34N4O2. The number of nitrogen functional groups attached to an aromatic ring is 1. The maximum Gasteiger partial charge on any atom is 0.251 e. The van der Waals surface area contributed by atoms with Crippen LogP contribution < -0.4 is 11.1 Å². The average Bonchev–Trinajstić information content (AvgIpc) is 3.72. The summed E-state index contributed by atoms with van der Waals surface area (Å²) in [6, 6.07) is 18.9. The second-order valence-corrected chi connectivity index (χ2v) is 11.6. The molecule has 3 saturated carbocycles. The molecule has 1 aromatic heterocycles. The van der Waals surface area contributed by atoms with E-state index < -0.39 is 0 Å². The van der Waals surface area contributed by atoms with Gasteiger partial charge in [-0.05, 0) is 91.7 Å². The number of nitrogens with one attached hydrogen (secondary N) is 2. The van der Waals surface area contributed by atoms with Crippen LogP contribution in [0.25, 0.3) is 0 Å². The molecule has 1 heterocycles. The van der Waals surface area contributed by atoms with Crippen LogP contribution in [0.4, 0.5) is 5.69 Å². The van der Waals surface area contributed by atoms with E-state index in [4.69, 9.17) is 11.1 Å². The Hall–Kier alpha value is -3.80. The number of carbonyl (C=O) groups excluding carboxylic acids is 2. The number of carbonyl (C=O) groups is 2. The fourth-order valence-corrected chi connectivity index (χ4v) is 6.64. The minimum absolute atomic E-state index is 0.120. The Morgan fingerprint density at radius 1 is 1.08 bits per heavy atom. The predicted molar refractivity (Wildman–Crippen MR) is 148 cm³/mol. The Morgan fingerprint density at radius 2 is 1.87 bits per heavy atom. The summed E-state index contributed by atoms with van der Waals surface area (Å²) in [6.07, 6.45) is 9.75. The van der Waals surface area contributed by atoms with E-state index >= 15 is 0 Å². The molecule has 0 spiro atoms. The van der Waals surface area contributed by atoms with Gasteiger partial charge >= 0.3 is 0 Å². The van der Waals surface area contributed by atoms with Gasteiger partial charge in [0, 0.05) is 41.4 Å². The van der Waals surface area contributed by atoms with E-state index in [9.17, 15) is 9.59 Å². The number of ketones is 1. The van der Waals surface area contributed by atoms with Gasteiger partial charge in [0.05, 0.1) is 17.4 Å². The molecule has 3 aromatic rings. The fraction of sp³-hybridized carbons (Fsp3) is 0.375. The zero-order valence-electron chi connectivity index (χ0n) is 21.6. The molecule has 2 bridgehead atoms. The highest BCUT2D eigenvalue weighted by Gasteiger charge is 2.45. The van der Waals surface area contributed by atoms with Gasteiger partial charge in [-0.25, -0.2) is 0 Å². The lowest BCUT2D eigenvalue weighted by molar-refractivity contribution is -0.123. The summed E-state index contributed by atoms with van der Waals surface area (Å²) in [5.74, 6) is 1.20. The number of nitrogens with two attached hydrogens (primary N) is 1. The number of pyridine rings is 1. The molecule has 0 aliphatic heterocycles. The molecule has 38 heavy (non-hydrogen) atoms. The summed E-state index contributed by atoms with van der Waals surface area (Å²) in [4.78, 5) is 29.9. The van der Waals surface area contributed by atoms with E-state index in [-0.39, 0.29) is 17.4 Å². The number of aromatic nitrogens is 1. The zero-order valence-corrected chi connectivity index (χ0v) is 21.6. The SMILES string of the molecule is N=C(c1ccc(CC23CCC(CC(=O)C2)C3)cc1)c1cc(C(=O)N[C@@H](c2ccccn2)C2CC2)ccc1N. The minimum Gasteiger partial charge on any atom is -0.398 e. The largest absolute Gasteiger partial charge is 0.398 e. The maximum absolute atomic E-state index is 13.2. The first-order valence-corrected chi connectivity index (χ1v) is 13.7. The molecule has 0 radical (unpaired) electrons.